The normalized spacial score (nSPS) is 22.4. The Morgan fingerprint density at radius 3 is 2.44 bits per heavy atom. The summed E-state index contributed by atoms with van der Waals surface area (Å²) in [5.41, 5.74) is -0.345. The summed E-state index contributed by atoms with van der Waals surface area (Å²) in [4.78, 5) is 27.4. The van der Waals surface area contributed by atoms with Crippen LogP contribution in [0.25, 0.3) is 0 Å². The average molecular weight is 348 g/mol. The van der Waals surface area contributed by atoms with Gasteiger partial charge in [-0.25, -0.2) is 4.39 Å². The van der Waals surface area contributed by atoms with E-state index in [-0.39, 0.29) is 24.5 Å². The predicted molar refractivity (Wildman–Crippen MR) is 91.4 cm³/mol. The number of carbonyl (C=O) groups excluding carboxylic acids is 2. The number of hydrogen-bond acceptors (Lipinski definition) is 3. The first kappa shape index (κ1) is 17.9. The van der Waals surface area contributed by atoms with Gasteiger partial charge in [0.25, 0.3) is 5.91 Å². The van der Waals surface area contributed by atoms with Crippen LogP contribution in [0, 0.1) is 5.82 Å². The van der Waals surface area contributed by atoms with Crippen LogP contribution in [0.15, 0.2) is 24.3 Å². The number of ether oxygens (including phenoxy) is 1. The highest BCUT2D eigenvalue weighted by Gasteiger charge is 2.52. The van der Waals surface area contributed by atoms with Gasteiger partial charge in [0.2, 0.25) is 5.91 Å². The minimum absolute atomic E-state index is 0.0156. The maximum absolute atomic E-state index is 13.2. The zero-order valence-corrected chi connectivity index (χ0v) is 14.8. The van der Waals surface area contributed by atoms with Gasteiger partial charge >= 0.3 is 0 Å². The Hall–Kier alpha value is -1.95. The van der Waals surface area contributed by atoms with Crippen molar-refractivity contribution in [1.29, 1.82) is 0 Å². The van der Waals surface area contributed by atoms with E-state index >= 15 is 0 Å². The molecular weight excluding hydrogens is 323 g/mol. The minimum atomic E-state index is -0.720. The van der Waals surface area contributed by atoms with E-state index in [0.717, 1.165) is 32.1 Å². The number of nitrogens with zero attached hydrogens (tertiary/aromatic N) is 1. The molecule has 0 aromatic heterocycles. The van der Waals surface area contributed by atoms with Crippen LogP contribution in [0.2, 0.25) is 0 Å². The van der Waals surface area contributed by atoms with Gasteiger partial charge in [0, 0.05) is 11.6 Å². The lowest BCUT2D eigenvalue weighted by atomic mass is 9.89. The van der Waals surface area contributed by atoms with Crippen LogP contribution in [-0.4, -0.2) is 41.1 Å². The van der Waals surface area contributed by atoms with Gasteiger partial charge < -0.3 is 10.1 Å². The molecule has 1 unspecified atom stereocenters. The van der Waals surface area contributed by atoms with Crippen molar-refractivity contribution in [2.75, 3.05) is 6.61 Å². The van der Waals surface area contributed by atoms with Crippen molar-refractivity contribution < 1.29 is 18.7 Å². The third-order valence-electron chi connectivity index (χ3n) is 4.94. The summed E-state index contributed by atoms with van der Waals surface area (Å²) in [6.07, 6.45) is 4.49. The molecule has 1 aromatic rings. The monoisotopic (exact) mass is 348 g/mol. The van der Waals surface area contributed by atoms with E-state index in [4.69, 9.17) is 4.74 Å². The maximum Gasteiger partial charge on any atom is 0.256 e. The topological polar surface area (TPSA) is 58.6 Å². The molecular formula is C19H25FN2O3. The molecule has 2 fully saturated rings. The number of halogens is 1. The van der Waals surface area contributed by atoms with Crippen molar-refractivity contribution in [3.8, 4) is 0 Å². The van der Waals surface area contributed by atoms with Gasteiger partial charge in [-0.2, -0.15) is 0 Å². The molecule has 3 rings (SSSR count). The lowest BCUT2D eigenvalue weighted by molar-refractivity contribution is -0.127. The molecule has 2 aliphatic rings. The highest BCUT2D eigenvalue weighted by molar-refractivity contribution is 5.98. The lowest BCUT2D eigenvalue weighted by Gasteiger charge is -2.41. The third-order valence-corrected chi connectivity index (χ3v) is 4.94. The molecule has 1 heterocycles. The van der Waals surface area contributed by atoms with E-state index in [1.54, 1.807) is 4.90 Å². The van der Waals surface area contributed by atoms with Crippen molar-refractivity contribution in [3.63, 3.8) is 0 Å². The summed E-state index contributed by atoms with van der Waals surface area (Å²) in [5.74, 6) is -0.869. The van der Waals surface area contributed by atoms with Gasteiger partial charge in [-0.15, -0.1) is 0 Å². The molecule has 0 radical (unpaired) electrons. The zero-order valence-electron chi connectivity index (χ0n) is 14.8. The number of rotatable bonds is 3. The van der Waals surface area contributed by atoms with Gasteiger partial charge in [-0.3, -0.25) is 14.5 Å². The van der Waals surface area contributed by atoms with Crippen molar-refractivity contribution in [1.82, 2.24) is 10.2 Å². The first-order valence-corrected chi connectivity index (χ1v) is 8.96. The third kappa shape index (κ3) is 3.54. The average Bonchev–Trinajstić information content (AvgIpc) is 2.93. The smallest absolute Gasteiger partial charge is 0.256 e. The van der Waals surface area contributed by atoms with Crippen LogP contribution >= 0.6 is 0 Å². The van der Waals surface area contributed by atoms with E-state index in [1.165, 1.54) is 24.3 Å². The lowest BCUT2D eigenvalue weighted by Crippen LogP contribution is -2.57. The van der Waals surface area contributed by atoms with Crippen LogP contribution in [0.5, 0.6) is 0 Å². The van der Waals surface area contributed by atoms with E-state index in [9.17, 15) is 14.0 Å². The number of hydrogen-bond donors (Lipinski definition) is 1. The highest BCUT2D eigenvalue weighted by atomic mass is 19.1. The second-order valence-electron chi connectivity index (χ2n) is 7.18. The van der Waals surface area contributed by atoms with Crippen LogP contribution in [-0.2, 0) is 9.53 Å². The molecule has 1 aromatic carbocycles. The summed E-state index contributed by atoms with van der Waals surface area (Å²) in [6.45, 7) is 3.97. The second-order valence-corrected chi connectivity index (χ2v) is 7.18. The molecule has 6 heteroatoms. The predicted octanol–water partition coefficient (Wildman–Crippen LogP) is 2.85. The molecule has 1 atom stereocenters. The second kappa shape index (κ2) is 7.12. The number of nitrogens with one attached hydrogen (secondary N) is 1. The van der Waals surface area contributed by atoms with Crippen LogP contribution < -0.4 is 5.32 Å². The van der Waals surface area contributed by atoms with Gasteiger partial charge in [-0.05, 0) is 63.8 Å². The van der Waals surface area contributed by atoms with Crippen molar-refractivity contribution in [2.45, 2.75) is 63.8 Å². The number of benzene rings is 1. The Bertz CT molecular complexity index is 639. The Morgan fingerprint density at radius 1 is 1.20 bits per heavy atom. The Balaban J connectivity index is 1.92. The maximum atomic E-state index is 13.2. The van der Waals surface area contributed by atoms with Crippen molar-refractivity contribution in [2.24, 2.45) is 0 Å². The minimum Gasteiger partial charge on any atom is -0.353 e. The molecule has 1 spiro atoms. The zero-order chi connectivity index (χ0) is 18.0. The highest BCUT2D eigenvalue weighted by Crippen LogP contribution is 2.41. The summed E-state index contributed by atoms with van der Waals surface area (Å²) in [7, 11) is 0. The molecule has 1 N–H and O–H groups in total. The van der Waals surface area contributed by atoms with Crippen LogP contribution in [0.1, 0.15) is 56.3 Å². The molecule has 2 amide bonds. The van der Waals surface area contributed by atoms with Gasteiger partial charge in [0.15, 0.2) is 0 Å². The summed E-state index contributed by atoms with van der Waals surface area (Å²) < 4.78 is 19.3. The summed E-state index contributed by atoms with van der Waals surface area (Å²) >= 11 is 0. The van der Waals surface area contributed by atoms with Gasteiger partial charge in [0.05, 0.1) is 6.61 Å². The SMILES string of the molecule is CC(C)NC(=O)C1COC2(CCCCC2)N1C(=O)c1ccc(F)cc1. The summed E-state index contributed by atoms with van der Waals surface area (Å²) in [6, 6.07) is 4.78. The van der Waals surface area contributed by atoms with E-state index in [2.05, 4.69) is 5.32 Å². The Labute approximate surface area is 147 Å². The fourth-order valence-electron chi connectivity index (χ4n) is 3.78. The van der Waals surface area contributed by atoms with Crippen LogP contribution in [0.4, 0.5) is 4.39 Å². The van der Waals surface area contributed by atoms with Gasteiger partial charge in [0.1, 0.15) is 17.6 Å². The van der Waals surface area contributed by atoms with E-state index < -0.39 is 17.6 Å². The first-order valence-electron chi connectivity index (χ1n) is 8.96. The molecule has 25 heavy (non-hydrogen) atoms. The largest absolute Gasteiger partial charge is 0.353 e. The van der Waals surface area contributed by atoms with E-state index in [0.29, 0.717) is 5.56 Å². The van der Waals surface area contributed by atoms with Crippen molar-refractivity contribution in [3.05, 3.63) is 35.6 Å². The van der Waals surface area contributed by atoms with E-state index in [1.807, 2.05) is 13.8 Å². The molecule has 1 aliphatic heterocycles. The Kier molecular flexibility index (Phi) is 5.08. The quantitative estimate of drug-likeness (QED) is 0.914. The van der Waals surface area contributed by atoms with Crippen molar-refractivity contribution >= 4 is 11.8 Å². The molecule has 1 saturated heterocycles. The van der Waals surface area contributed by atoms with Crippen LogP contribution in [0.3, 0.4) is 0 Å². The standard InChI is InChI=1S/C19H25FN2O3/c1-13(2)21-17(23)16-12-25-19(10-4-3-5-11-19)22(16)18(24)14-6-8-15(20)9-7-14/h6-9,13,16H,3-5,10-12H2,1-2H3,(H,21,23). The first-order chi connectivity index (χ1) is 11.9. The molecule has 5 nitrogen and oxygen atoms in total. The Morgan fingerprint density at radius 2 is 1.84 bits per heavy atom. The number of amides is 2. The fraction of sp³-hybridized carbons (Fsp3) is 0.579. The molecule has 136 valence electrons. The summed E-state index contributed by atoms with van der Waals surface area (Å²) in [5, 5.41) is 2.88. The molecule has 1 aliphatic carbocycles. The van der Waals surface area contributed by atoms with Gasteiger partial charge in [-0.1, -0.05) is 6.42 Å². The number of carbonyl (C=O) groups is 2. The molecule has 1 saturated carbocycles. The molecule has 0 bridgehead atoms. The fourth-order valence-corrected chi connectivity index (χ4v) is 3.78.